The average Bonchev–Trinajstić information content (AvgIpc) is 2.66. The van der Waals surface area contributed by atoms with Gasteiger partial charge in [0, 0.05) is 6.42 Å². The van der Waals surface area contributed by atoms with Gasteiger partial charge in [0.05, 0.1) is 12.5 Å². The second-order valence-electron chi connectivity index (χ2n) is 7.21. The highest BCUT2D eigenvalue weighted by Gasteiger charge is 2.31. The van der Waals surface area contributed by atoms with Crippen LogP contribution < -0.4 is 27.4 Å². The standard InChI is InChI=1S/C18H31N5O8/c1-4-8(2)14(23-16(28)10(19)7-13(25)26)17(29)21-9(3)15(27)22-11(18(30)31)5-6-12(20)24/h8-11,14H,4-7,19H2,1-3H3,(H2,20,24)(H,21,29)(H,22,27)(H,23,28)(H,25,26)(H,30,31). The molecule has 4 amide bonds. The zero-order valence-electron chi connectivity index (χ0n) is 17.7. The zero-order valence-corrected chi connectivity index (χ0v) is 17.7. The third-order valence-corrected chi connectivity index (χ3v) is 4.57. The minimum Gasteiger partial charge on any atom is -0.481 e. The van der Waals surface area contributed by atoms with Crippen LogP contribution in [0.5, 0.6) is 0 Å². The maximum Gasteiger partial charge on any atom is 0.326 e. The van der Waals surface area contributed by atoms with Gasteiger partial charge in [-0.25, -0.2) is 4.79 Å². The minimum atomic E-state index is -1.38. The minimum absolute atomic E-state index is 0.218. The molecule has 5 unspecified atom stereocenters. The molecule has 0 aliphatic carbocycles. The van der Waals surface area contributed by atoms with Gasteiger partial charge in [-0.05, 0) is 19.3 Å². The Morgan fingerprint density at radius 2 is 1.48 bits per heavy atom. The smallest absolute Gasteiger partial charge is 0.326 e. The van der Waals surface area contributed by atoms with Crippen LogP contribution in [0.25, 0.3) is 0 Å². The number of carbonyl (C=O) groups excluding carboxylic acids is 4. The van der Waals surface area contributed by atoms with Crippen molar-refractivity contribution < 1.29 is 39.0 Å². The maximum absolute atomic E-state index is 12.6. The molecule has 176 valence electrons. The zero-order chi connectivity index (χ0) is 24.3. The molecule has 0 saturated carbocycles. The highest BCUT2D eigenvalue weighted by Crippen LogP contribution is 2.09. The number of amides is 4. The first-order valence-corrected chi connectivity index (χ1v) is 9.69. The Labute approximate surface area is 179 Å². The lowest BCUT2D eigenvalue weighted by Gasteiger charge is -2.26. The molecule has 0 aromatic rings. The molecule has 0 rings (SSSR count). The van der Waals surface area contributed by atoms with E-state index in [2.05, 4.69) is 16.0 Å². The van der Waals surface area contributed by atoms with Crippen LogP contribution in [0.4, 0.5) is 0 Å². The van der Waals surface area contributed by atoms with Gasteiger partial charge in [-0.1, -0.05) is 20.3 Å². The fourth-order valence-corrected chi connectivity index (χ4v) is 2.45. The molecule has 0 fully saturated rings. The molecule has 31 heavy (non-hydrogen) atoms. The van der Waals surface area contributed by atoms with Gasteiger partial charge in [0.25, 0.3) is 0 Å². The van der Waals surface area contributed by atoms with E-state index in [1.54, 1.807) is 13.8 Å². The van der Waals surface area contributed by atoms with E-state index in [-0.39, 0.29) is 18.8 Å². The van der Waals surface area contributed by atoms with Crippen molar-refractivity contribution in [2.45, 2.75) is 70.6 Å². The Morgan fingerprint density at radius 3 is 1.94 bits per heavy atom. The topological polar surface area (TPSA) is 231 Å². The predicted octanol–water partition coefficient (Wildman–Crippen LogP) is -2.34. The van der Waals surface area contributed by atoms with E-state index >= 15 is 0 Å². The quantitative estimate of drug-likeness (QED) is 0.151. The third-order valence-electron chi connectivity index (χ3n) is 4.57. The number of carboxylic acids is 2. The largest absolute Gasteiger partial charge is 0.481 e. The first-order chi connectivity index (χ1) is 14.3. The molecule has 9 N–H and O–H groups in total. The van der Waals surface area contributed by atoms with Crippen molar-refractivity contribution in [2.24, 2.45) is 17.4 Å². The molecule has 0 bridgehead atoms. The summed E-state index contributed by atoms with van der Waals surface area (Å²) in [6, 6.07) is -5.01. The van der Waals surface area contributed by atoms with E-state index in [4.69, 9.17) is 21.7 Å². The lowest BCUT2D eigenvalue weighted by atomic mass is 9.97. The Bertz CT molecular complexity index is 698. The molecular weight excluding hydrogens is 414 g/mol. The first kappa shape index (κ1) is 27.8. The van der Waals surface area contributed by atoms with Gasteiger partial charge in [-0.15, -0.1) is 0 Å². The molecule has 0 radical (unpaired) electrons. The van der Waals surface area contributed by atoms with Crippen LogP contribution in [0.2, 0.25) is 0 Å². The van der Waals surface area contributed by atoms with Crippen LogP contribution >= 0.6 is 0 Å². The number of carboxylic acid groups (broad SMARTS) is 2. The molecule has 0 aromatic heterocycles. The Hall–Kier alpha value is -3.22. The van der Waals surface area contributed by atoms with Gasteiger partial charge in [0.1, 0.15) is 18.1 Å². The van der Waals surface area contributed by atoms with Crippen molar-refractivity contribution in [3.63, 3.8) is 0 Å². The number of nitrogens with two attached hydrogens (primary N) is 2. The molecule has 0 aliphatic heterocycles. The van der Waals surface area contributed by atoms with Gasteiger partial charge in [-0.2, -0.15) is 0 Å². The number of carbonyl (C=O) groups is 6. The van der Waals surface area contributed by atoms with Crippen LogP contribution in [0, 0.1) is 5.92 Å². The fourth-order valence-electron chi connectivity index (χ4n) is 2.45. The van der Waals surface area contributed by atoms with E-state index in [0.29, 0.717) is 6.42 Å². The van der Waals surface area contributed by atoms with Crippen molar-refractivity contribution in [3.8, 4) is 0 Å². The van der Waals surface area contributed by atoms with Gasteiger partial charge < -0.3 is 37.6 Å². The Kier molecular flexibility index (Phi) is 11.8. The van der Waals surface area contributed by atoms with Crippen molar-refractivity contribution in [1.82, 2.24) is 16.0 Å². The van der Waals surface area contributed by atoms with Crippen molar-refractivity contribution in [2.75, 3.05) is 0 Å². The van der Waals surface area contributed by atoms with Crippen LogP contribution in [0.1, 0.15) is 46.5 Å². The fraction of sp³-hybridized carbons (Fsp3) is 0.667. The van der Waals surface area contributed by atoms with E-state index in [1.165, 1.54) is 6.92 Å². The van der Waals surface area contributed by atoms with Crippen LogP contribution in [-0.4, -0.2) is 69.9 Å². The first-order valence-electron chi connectivity index (χ1n) is 9.69. The van der Waals surface area contributed by atoms with Crippen LogP contribution in [-0.2, 0) is 28.8 Å². The van der Waals surface area contributed by atoms with E-state index in [0.717, 1.165) is 0 Å². The van der Waals surface area contributed by atoms with E-state index < -0.39 is 66.2 Å². The number of primary amides is 1. The molecular formula is C18H31N5O8. The Balaban J connectivity index is 5.12. The van der Waals surface area contributed by atoms with Gasteiger partial charge in [0.2, 0.25) is 23.6 Å². The SMILES string of the molecule is CCC(C)C(NC(=O)C(N)CC(=O)O)C(=O)NC(C)C(=O)NC(CCC(N)=O)C(=O)O. The molecule has 0 heterocycles. The number of hydrogen-bond acceptors (Lipinski definition) is 7. The lowest BCUT2D eigenvalue weighted by molar-refractivity contribution is -0.142. The monoisotopic (exact) mass is 445 g/mol. The lowest BCUT2D eigenvalue weighted by Crippen LogP contribution is -2.58. The summed E-state index contributed by atoms with van der Waals surface area (Å²) in [5.74, 6) is -6.13. The normalized spacial score (nSPS) is 15.5. The van der Waals surface area contributed by atoms with E-state index in [1.807, 2.05) is 0 Å². The number of nitrogens with one attached hydrogen (secondary N) is 3. The van der Waals surface area contributed by atoms with Gasteiger partial charge >= 0.3 is 11.9 Å². The van der Waals surface area contributed by atoms with Crippen LogP contribution in [0.3, 0.4) is 0 Å². The second kappa shape index (κ2) is 13.2. The summed E-state index contributed by atoms with van der Waals surface area (Å²) in [6.07, 6.45) is -0.622. The second-order valence-corrected chi connectivity index (χ2v) is 7.21. The summed E-state index contributed by atoms with van der Waals surface area (Å²) < 4.78 is 0. The Morgan fingerprint density at radius 1 is 0.903 bits per heavy atom. The highest BCUT2D eigenvalue weighted by molar-refractivity contribution is 5.94. The maximum atomic E-state index is 12.6. The van der Waals surface area contributed by atoms with Gasteiger partial charge in [0.15, 0.2) is 0 Å². The molecule has 13 heteroatoms. The van der Waals surface area contributed by atoms with Crippen molar-refractivity contribution in [1.29, 1.82) is 0 Å². The molecule has 0 aliphatic rings. The predicted molar refractivity (Wildman–Crippen MR) is 107 cm³/mol. The molecule has 0 saturated heterocycles. The summed E-state index contributed by atoms with van der Waals surface area (Å²) >= 11 is 0. The summed E-state index contributed by atoms with van der Waals surface area (Å²) in [6.45, 7) is 4.74. The summed E-state index contributed by atoms with van der Waals surface area (Å²) in [5, 5.41) is 24.9. The number of rotatable bonds is 14. The molecule has 13 nitrogen and oxygen atoms in total. The number of hydrogen-bond donors (Lipinski definition) is 7. The molecule has 5 atom stereocenters. The summed E-state index contributed by atoms with van der Waals surface area (Å²) in [4.78, 5) is 69.8. The van der Waals surface area contributed by atoms with E-state index in [9.17, 15) is 28.8 Å². The molecule has 0 spiro atoms. The van der Waals surface area contributed by atoms with Gasteiger partial charge in [-0.3, -0.25) is 24.0 Å². The average molecular weight is 445 g/mol. The summed E-state index contributed by atoms with van der Waals surface area (Å²) in [7, 11) is 0. The molecule has 0 aromatic carbocycles. The van der Waals surface area contributed by atoms with Crippen molar-refractivity contribution in [3.05, 3.63) is 0 Å². The number of aliphatic carboxylic acids is 2. The van der Waals surface area contributed by atoms with Crippen molar-refractivity contribution >= 4 is 35.6 Å². The highest BCUT2D eigenvalue weighted by atomic mass is 16.4. The third kappa shape index (κ3) is 10.4. The summed E-state index contributed by atoms with van der Waals surface area (Å²) in [5.41, 5.74) is 10.5. The van der Waals surface area contributed by atoms with Crippen LogP contribution in [0.15, 0.2) is 0 Å².